The van der Waals surface area contributed by atoms with Crippen LogP contribution in [0.25, 0.3) is 0 Å². The summed E-state index contributed by atoms with van der Waals surface area (Å²) in [5, 5.41) is 12.0. The van der Waals surface area contributed by atoms with E-state index in [0.717, 1.165) is 16.7 Å². The lowest BCUT2D eigenvalue weighted by atomic mass is 9.80. The third kappa shape index (κ3) is 12.0. The van der Waals surface area contributed by atoms with Crippen molar-refractivity contribution in [2.24, 2.45) is 5.92 Å². The highest BCUT2D eigenvalue weighted by atomic mass is 16.6. The van der Waals surface area contributed by atoms with Crippen molar-refractivity contribution in [3.8, 4) is 5.75 Å². The van der Waals surface area contributed by atoms with Crippen molar-refractivity contribution >= 4 is 24.0 Å². The number of carboxylic acids is 1. The van der Waals surface area contributed by atoms with Gasteiger partial charge in [0.15, 0.2) is 0 Å². The summed E-state index contributed by atoms with van der Waals surface area (Å²) < 4.78 is 36.5. The average Bonchev–Trinajstić information content (AvgIpc) is 3.59. The van der Waals surface area contributed by atoms with Crippen LogP contribution < -0.4 is 15.7 Å². The van der Waals surface area contributed by atoms with Gasteiger partial charge >= 0.3 is 29.7 Å². The molecule has 1 aromatic heterocycles. The van der Waals surface area contributed by atoms with Crippen LogP contribution in [-0.2, 0) is 50.1 Å². The zero-order valence-electron chi connectivity index (χ0n) is 34.9. The number of hydrogen-bond donors (Lipinski definition) is 2. The molecule has 1 unspecified atom stereocenters. The molecular weight excluding hydrogens is 775 g/mol. The molecule has 5 rings (SSSR count). The highest BCUT2D eigenvalue weighted by Gasteiger charge is 2.43. The molecule has 15 nitrogen and oxygen atoms in total. The van der Waals surface area contributed by atoms with Crippen LogP contribution in [0.1, 0.15) is 83.0 Å². The van der Waals surface area contributed by atoms with E-state index in [9.17, 15) is 29.1 Å². The Kier molecular flexibility index (Phi) is 14.5. The number of rotatable bonds is 16. The summed E-state index contributed by atoms with van der Waals surface area (Å²) >= 11 is 0. The second-order valence-corrected chi connectivity index (χ2v) is 16.4. The Hall–Kier alpha value is -6.06. The molecule has 1 aliphatic rings. The number of aliphatic carboxylic acids is 1. The number of carbonyl (C=O) groups excluding carboxylic acids is 3. The van der Waals surface area contributed by atoms with Crippen LogP contribution in [0.3, 0.4) is 0 Å². The van der Waals surface area contributed by atoms with Crippen molar-refractivity contribution in [3.63, 3.8) is 0 Å². The van der Waals surface area contributed by atoms with E-state index in [-0.39, 0.29) is 31.7 Å². The van der Waals surface area contributed by atoms with E-state index in [1.807, 2.05) is 84.9 Å². The van der Waals surface area contributed by atoms with E-state index in [0.29, 0.717) is 5.75 Å². The van der Waals surface area contributed by atoms with Gasteiger partial charge in [0.25, 0.3) is 0 Å². The molecule has 60 heavy (non-hydrogen) atoms. The molecule has 1 fully saturated rings. The molecule has 320 valence electrons. The largest absolute Gasteiger partial charge is 0.497 e. The van der Waals surface area contributed by atoms with Gasteiger partial charge in [-0.3, -0.25) is 14.2 Å². The van der Waals surface area contributed by atoms with Crippen LogP contribution in [-0.4, -0.2) is 82.3 Å². The lowest BCUT2D eigenvalue weighted by Crippen LogP contribution is -2.45. The minimum absolute atomic E-state index is 0.0331. The highest BCUT2D eigenvalue weighted by molar-refractivity contribution is 5.85. The first-order chi connectivity index (χ1) is 28.4. The first-order valence-corrected chi connectivity index (χ1v) is 19.6. The van der Waals surface area contributed by atoms with Crippen molar-refractivity contribution in [1.29, 1.82) is 0 Å². The number of aromatic nitrogens is 2. The SMILES string of the molecule is COc1ccc(C(OC[C@H]2C[C@H](n3ccc(CC(=O)OC(C)(C)C)nc3=O)O[C@@H]2COC(=O)CC(NC(=O)OC(C)(C)C)C(=O)O)(c2ccccc2)c2ccccc2)cc1. The number of benzene rings is 3. The molecule has 4 atom stereocenters. The van der Waals surface area contributed by atoms with Crippen molar-refractivity contribution in [2.45, 2.75) is 96.0 Å². The topological polar surface area (TPSA) is 191 Å². The van der Waals surface area contributed by atoms with E-state index >= 15 is 0 Å². The first-order valence-electron chi connectivity index (χ1n) is 19.6. The Bertz CT molecular complexity index is 2100. The number of carboxylic acid groups (broad SMARTS) is 1. The van der Waals surface area contributed by atoms with Gasteiger partial charge in [0.1, 0.15) is 41.4 Å². The van der Waals surface area contributed by atoms with Gasteiger partial charge in [0.2, 0.25) is 0 Å². The number of hydrogen-bond acceptors (Lipinski definition) is 12. The van der Waals surface area contributed by atoms with Gasteiger partial charge < -0.3 is 38.8 Å². The number of ether oxygens (including phenoxy) is 6. The second-order valence-electron chi connectivity index (χ2n) is 16.4. The minimum atomic E-state index is -1.63. The normalized spacial score (nSPS) is 17.3. The third-order valence-corrected chi connectivity index (χ3v) is 9.44. The minimum Gasteiger partial charge on any atom is -0.497 e. The van der Waals surface area contributed by atoms with Gasteiger partial charge in [0, 0.05) is 18.5 Å². The van der Waals surface area contributed by atoms with Gasteiger partial charge in [0.05, 0.1) is 38.4 Å². The molecule has 15 heteroatoms. The number of carbonyl (C=O) groups is 4. The molecule has 4 aromatic rings. The van der Waals surface area contributed by atoms with Crippen LogP contribution in [0.2, 0.25) is 0 Å². The quantitative estimate of drug-likeness (QED) is 0.0765. The summed E-state index contributed by atoms with van der Waals surface area (Å²) in [6.45, 7) is 9.78. The Morgan fingerprint density at radius 2 is 1.40 bits per heavy atom. The maximum Gasteiger partial charge on any atom is 0.408 e. The van der Waals surface area contributed by atoms with E-state index in [4.69, 9.17) is 28.4 Å². The zero-order valence-corrected chi connectivity index (χ0v) is 34.9. The summed E-state index contributed by atoms with van der Waals surface area (Å²) in [5.41, 5.74) is -0.753. The van der Waals surface area contributed by atoms with E-state index in [2.05, 4.69) is 10.3 Å². The standard InChI is InChI=1S/C45H53N3O12/c1-43(2,3)59-39(50)25-33-22-23-48(41(53)46-33)37-24-29(36(58-37)28-56-38(49)26-35(40(51)52)47-42(54)60-44(4,5)6)27-57-45(30-14-10-8-11-15-30,31-16-12-9-13-17-31)32-18-20-34(55-7)21-19-32/h8-23,29,35-37H,24-28H2,1-7H3,(H,47,54)(H,51,52)/t29-,35?,36-,37-/m1/s1. The zero-order chi connectivity index (χ0) is 43.7. The molecular formula is C45H53N3O12. The number of esters is 2. The fraction of sp³-hybridized carbons (Fsp3) is 0.422. The van der Waals surface area contributed by atoms with Crippen LogP contribution in [0.5, 0.6) is 5.75 Å². The molecule has 0 aliphatic carbocycles. The molecule has 0 saturated carbocycles. The summed E-state index contributed by atoms with van der Waals surface area (Å²) in [4.78, 5) is 67.5. The summed E-state index contributed by atoms with van der Waals surface area (Å²) in [6, 6.07) is 26.9. The molecule has 0 radical (unpaired) electrons. The van der Waals surface area contributed by atoms with Crippen molar-refractivity contribution < 1.29 is 52.7 Å². The summed E-state index contributed by atoms with van der Waals surface area (Å²) in [6.07, 6.45) is -1.94. The number of amides is 1. The Morgan fingerprint density at radius 1 is 0.817 bits per heavy atom. The lowest BCUT2D eigenvalue weighted by molar-refractivity contribution is -0.154. The second kappa shape index (κ2) is 19.3. The first kappa shape index (κ1) is 45.0. The van der Waals surface area contributed by atoms with Gasteiger partial charge in [-0.1, -0.05) is 72.8 Å². The third-order valence-electron chi connectivity index (χ3n) is 9.44. The molecule has 0 spiro atoms. The number of methoxy groups -OCH3 is 1. The molecule has 2 heterocycles. The fourth-order valence-electron chi connectivity index (χ4n) is 6.80. The van der Waals surface area contributed by atoms with Crippen LogP contribution in [0.15, 0.2) is 102 Å². The predicted molar refractivity (Wildman–Crippen MR) is 218 cm³/mol. The molecule has 3 aromatic carbocycles. The van der Waals surface area contributed by atoms with E-state index in [1.165, 1.54) is 16.8 Å². The molecule has 1 amide bonds. The lowest BCUT2D eigenvalue weighted by Gasteiger charge is -2.37. The van der Waals surface area contributed by atoms with Gasteiger partial charge in [-0.25, -0.2) is 14.4 Å². The van der Waals surface area contributed by atoms with Crippen molar-refractivity contribution in [2.75, 3.05) is 20.3 Å². The van der Waals surface area contributed by atoms with Crippen LogP contribution in [0, 0.1) is 5.92 Å². The monoisotopic (exact) mass is 827 g/mol. The molecule has 1 aliphatic heterocycles. The number of nitrogens with one attached hydrogen (secondary N) is 1. The van der Waals surface area contributed by atoms with Crippen molar-refractivity contribution in [1.82, 2.24) is 14.9 Å². The number of alkyl carbamates (subject to hydrolysis) is 1. The predicted octanol–water partition coefficient (Wildman–Crippen LogP) is 5.96. The van der Waals surface area contributed by atoms with Gasteiger partial charge in [-0.05, 0) is 76.4 Å². The Morgan fingerprint density at radius 3 is 1.93 bits per heavy atom. The van der Waals surface area contributed by atoms with Crippen molar-refractivity contribution in [3.05, 3.63) is 130 Å². The Balaban J connectivity index is 1.44. The summed E-state index contributed by atoms with van der Waals surface area (Å²) in [7, 11) is 1.59. The van der Waals surface area contributed by atoms with Gasteiger partial charge in [-0.15, -0.1) is 0 Å². The maximum absolute atomic E-state index is 13.5. The average molecular weight is 828 g/mol. The summed E-state index contributed by atoms with van der Waals surface area (Å²) in [5.74, 6) is -2.76. The van der Waals surface area contributed by atoms with Crippen LogP contribution >= 0.6 is 0 Å². The van der Waals surface area contributed by atoms with E-state index < -0.39 is 77.2 Å². The maximum atomic E-state index is 13.5. The molecule has 2 N–H and O–H groups in total. The highest BCUT2D eigenvalue weighted by Crippen LogP contribution is 2.43. The smallest absolute Gasteiger partial charge is 0.408 e. The molecule has 0 bridgehead atoms. The van der Waals surface area contributed by atoms with Crippen LogP contribution in [0.4, 0.5) is 4.79 Å². The van der Waals surface area contributed by atoms with Gasteiger partial charge in [-0.2, -0.15) is 4.98 Å². The van der Waals surface area contributed by atoms with E-state index in [1.54, 1.807) is 48.7 Å². The number of nitrogens with zero attached hydrogens (tertiary/aromatic N) is 2. The fourth-order valence-corrected chi connectivity index (χ4v) is 6.80. The molecule has 1 saturated heterocycles. The Labute approximate surface area is 348 Å².